The smallest absolute Gasteiger partial charge is 0.272 e. The van der Waals surface area contributed by atoms with E-state index < -0.39 is 4.92 Å². The first-order chi connectivity index (χ1) is 10.1. The second-order valence-electron chi connectivity index (χ2n) is 4.57. The molecule has 5 heteroatoms. The molecule has 0 unspecified atom stereocenters. The number of nitro groups is 1. The molecule has 0 aromatic heterocycles. The molecule has 0 fully saturated rings. The lowest BCUT2D eigenvalue weighted by molar-refractivity contribution is -0.385. The Kier molecular flexibility index (Phi) is 4.66. The molecule has 0 aliphatic heterocycles. The third-order valence-electron chi connectivity index (χ3n) is 3.07. The second kappa shape index (κ2) is 6.65. The first kappa shape index (κ1) is 14.7. The van der Waals surface area contributed by atoms with Gasteiger partial charge < -0.3 is 4.74 Å². The number of nitrogens with zero attached hydrogens (tertiary/aromatic N) is 1. The largest absolute Gasteiger partial charge is 0.493 e. The maximum Gasteiger partial charge on any atom is 0.272 e. The van der Waals surface area contributed by atoms with Crippen molar-refractivity contribution < 1.29 is 14.5 Å². The Morgan fingerprint density at radius 1 is 1.19 bits per heavy atom. The highest BCUT2D eigenvalue weighted by atomic mass is 16.6. The Morgan fingerprint density at radius 3 is 2.67 bits per heavy atom. The molecular formula is C16H15NO4. The SMILES string of the molecule is CC(=O)c1cccc(OCCc2ccccc2[N+](=O)[O-])c1. The molecule has 2 aromatic carbocycles. The molecule has 0 saturated heterocycles. The van der Waals surface area contributed by atoms with Crippen molar-refractivity contribution in [3.63, 3.8) is 0 Å². The fraction of sp³-hybridized carbons (Fsp3) is 0.188. The molecule has 0 N–H and O–H groups in total. The molecule has 0 aliphatic carbocycles. The summed E-state index contributed by atoms with van der Waals surface area (Å²) in [6, 6.07) is 13.5. The van der Waals surface area contributed by atoms with Gasteiger partial charge in [-0.05, 0) is 19.1 Å². The van der Waals surface area contributed by atoms with Crippen molar-refractivity contribution in [1.29, 1.82) is 0 Å². The minimum atomic E-state index is -0.397. The van der Waals surface area contributed by atoms with E-state index in [2.05, 4.69) is 0 Å². The lowest BCUT2D eigenvalue weighted by atomic mass is 10.1. The van der Waals surface area contributed by atoms with Crippen LogP contribution in [0.25, 0.3) is 0 Å². The number of carbonyl (C=O) groups is 1. The number of Topliss-reactive ketones (excluding diaryl/α,β-unsaturated/α-hetero) is 1. The molecule has 0 spiro atoms. The molecule has 0 amide bonds. The molecule has 5 nitrogen and oxygen atoms in total. The molecule has 2 rings (SSSR count). The number of para-hydroxylation sites is 1. The molecule has 2 aromatic rings. The summed E-state index contributed by atoms with van der Waals surface area (Å²) in [6.45, 7) is 1.80. The maximum absolute atomic E-state index is 11.3. The van der Waals surface area contributed by atoms with E-state index >= 15 is 0 Å². The van der Waals surface area contributed by atoms with Gasteiger partial charge in [0.25, 0.3) is 5.69 Å². The number of hydrogen-bond donors (Lipinski definition) is 0. The molecule has 21 heavy (non-hydrogen) atoms. The highest BCUT2D eigenvalue weighted by molar-refractivity contribution is 5.94. The molecule has 0 atom stereocenters. The predicted molar refractivity (Wildman–Crippen MR) is 78.7 cm³/mol. The minimum Gasteiger partial charge on any atom is -0.493 e. The van der Waals surface area contributed by atoms with Gasteiger partial charge in [-0.25, -0.2) is 0 Å². The summed E-state index contributed by atoms with van der Waals surface area (Å²) in [7, 11) is 0. The van der Waals surface area contributed by atoms with Crippen molar-refractivity contribution >= 4 is 11.5 Å². The number of carbonyl (C=O) groups excluding carboxylic acids is 1. The lowest BCUT2D eigenvalue weighted by Gasteiger charge is -2.07. The lowest BCUT2D eigenvalue weighted by Crippen LogP contribution is -2.04. The van der Waals surface area contributed by atoms with Crippen LogP contribution in [0.4, 0.5) is 5.69 Å². The topological polar surface area (TPSA) is 69.4 Å². The third-order valence-corrected chi connectivity index (χ3v) is 3.07. The van der Waals surface area contributed by atoms with Gasteiger partial charge in [0.15, 0.2) is 5.78 Å². The third kappa shape index (κ3) is 3.89. The van der Waals surface area contributed by atoms with Crippen LogP contribution < -0.4 is 4.74 Å². The van der Waals surface area contributed by atoms with Crippen LogP contribution in [0.2, 0.25) is 0 Å². The van der Waals surface area contributed by atoms with Gasteiger partial charge in [0.2, 0.25) is 0 Å². The second-order valence-corrected chi connectivity index (χ2v) is 4.57. The van der Waals surface area contributed by atoms with Crippen molar-refractivity contribution in [3.05, 3.63) is 69.8 Å². The maximum atomic E-state index is 11.3. The standard InChI is InChI=1S/C16H15NO4/c1-12(18)14-6-4-7-15(11-14)21-10-9-13-5-2-3-8-16(13)17(19)20/h2-8,11H,9-10H2,1H3. The van der Waals surface area contributed by atoms with Crippen molar-refractivity contribution in [3.8, 4) is 5.75 Å². The monoisotopic (exact) mass is 285 g/mol. The summed E-state index contributed by atoms with van der Waals surface area (Å²) in [5.74, 6) is 0.556. The summed E-state index contributed by atoms with van der Waals surface area (Å²) < 4.78 is 5.56. The summed E-state index contributed by atoms with van der Waals surface area (Å²) in [6.07, 6.45) is 0.432. The highest BCUT2D eigenvalue weighted by Gasteiger charge is 2.11. The number of ether oxygens (including phenoxy) is 1. The fourth-order valence-corrected chi connectivity index (χ4v) is 1.98. The number of nitro benzene ring substituents is 1. The predicted octanol–water partition coefficient (Wildman–Crippen LogP) is 3.42. The van der Waals surface area contributed by atoms with Gasteiger partial charge in [-0.1, -0.05) is 30.3 Å². The van der Waals surface area contributed by atoms with Crippen LogP contribution in [0.15, 0.2) is 48.5 Å². The van der Waals surface area contributed by atoms with E-state index in [1.807, 2.05) is 0 Å². The number of rotatable bonds is 6. The molecule has 0 saturated carbocycles. The van der Waals surface area contributed by atoms with E-state index in [4.69, 9.17) is 4.74 Å². The van der Waals surface area contributed by atoms with Crippen molar-refractivity contribution in [2.24, 2.45) is 0 Å². The molecule has 0 aliphatic rings. The Hall–Kier alpha value is -2.69. The van der Waals surface area contributed by atoms with Crippen LogP contribution in [-0.4, -0.2) is 17.3 Å². The van der Waals surface area contributed by atoms with Gasteiger partial charge in [-0.15, -0.1) is 0 Å². The fourth-order valence-electron chi connectivity index (χ4n) is 1.98. The van der Waals surface area contributed by atoms with Crippen molar-refractivity contribution in [2.45, 2.75) is 13.3 Å². The van der Waals surface area contributed by atoms with E-state index in [0.29, 0.717) is 29.9 Å². The molecule has 108 valence electrons. The van der Waals surface area contributed by atoms with Gasteiger partial charge in [0, 0.05) is 23.6 Å². The van der Waals surface area contributed by atoms with E-state index in [-0.39, 0.29) is 11.5 Å². The average molecular weight is 285 g/mol. The Morgan fingerprint density at radius 2 is 1.95 bits per heavy atom. The minimum absolute atomic E-state index is 0.0286. The van der Waals surface area contributed by atoms with Crippen molar-refractivity contribution in [1.82, 2.24) is 0 Å². The Bertz CT molecular complexity index is 667. The van der Waals surface area contributed by atoms with Crippen LogP contribution in [0.1, 0.15) is 22.8 Å². The van der Waals surface area contributed by atoms with Crippen LogP contribution in [-0.2, 0) is 6.42 Å². The van der Waals surface area contributed by atoms with Gasteiger partial charge in [0.05, 0.1) is 11.5 Å². The van der Waals surface area contributed by atoms with Gasteiger partial charge in [0.1, 0.15) is 5.75 Å². The summed E-state index contributed by atoms with van der Waals surface area (Å²) in [5.41, 5.74) is 1.31. The molecular weight excluding hydrogens is 270 g/mol. The first-order valence-electron chi connectivity index (χ1n) is 6.54. The average Bonchev–Trinajstić information content (AvgIpc) is 2.48. The van der Waals surface area contributed by atoms with Crippen LogP contribution >= 0.6 is 0 Å². The summed E-state index contributed by atoms with van der Waals surface area (Å²) in [4.78, 5) is 21.8. The zero-order chi connectivity index (χ0) is 15.2. The summed E-state index contributed by atoms with van der Waals surface area (Å²) >= 11 is 0. The van der Waals surface area contributed by atoms with Crippen LogP contribution in [0.5, 0.6) is 5.75 Å². The van der Waals surface area contributed by atoms with Gasteiger partial charge in [-0.2, -0.15) is 0 Å². The summed E-state index contributed by atoms with van der Waals surface area (Å²) in [5, 5.41) is 10.9. The van der Waals surface area contributed by atoms with E-state index in [1.54, 1.807) is 42.5 Å². The molecule has 0 radical (unpaired) electrons. The molecule has 0 bridgehead atoms. The quantitative estimate of drug-likeness (QED) is 0.463. The normalized spacial score (nSPS) is 10.1. The first-order valence-corrected chi connectivity index (χ1v) is 6.54. The van der Waals surface area contributed by atoms with E-state index in [0.717, 1.165) is 0 Å². The Labute approximate surface area is 122 Å². The number of hydrogen-bond acceptors (Lipinski definition) is 4. The number of benzene rings is 2. The van der Waals surface area contributed by atoms with Gasteiger partial charge in [-0.3, -0.25) is 14.9 Å². The van der Waals surface area contributed by atoms with Crippen LogP contribution in [0, 0.1) is 10.1 Å². The van der Waals surface area contributed by atoms with E-state index in [1.165, 1.54) is 13.0 Å². The molecule has 0 heterocycles. The van der Waals surface area contributed by atoms with Gasteiger partial charge >= 0.3 is 0 Å². The zero-order valence-corrected chi connectivity index (χ0v) is 11.6. The van der Waals surface area contributed by atoms with Crippen LogP contribution in [0.3, 0.4) is 0 Å². The Balaban J connectivity index is 2.00. The van der Waals surface area contributed by atoms with E-state index in [9.17, 15) is 14.9 Å². The number of ketones is 1. The zero-order valence-electron chi connectivity index (χ0n) is 11.6. The van der Waals surface area contributed by atoms with Crippen molar-refractivity contribution in [2.75, 3.05) is 6.61 Å². The highest BCUT2D eigenvalue weighted by Crippen LogP contribution is 2.19.